The minimum Gasteiger partial charge on any atom is -0.399 e. The minimum atomic E-state index is -4.42. The normalized spacial score (nSPS) is 23.5. The molecule has 1 aromatic rings. The third kappa shape index (κ3) is 3.89. The molecule has 0 aliphatic heterocycles. The number of anilines is 1. The van der Waals surface area contributed by atoms with Gasteiger partial charge in [-0.05, 0) is 37.6 Å². The van der Waals surface area contributed by atoms with Gasteiger partial charge in [0.2, 0.25) is 0 Å². The van der Waals surface area contributed by atoms with Crippen LogP contribution < -0.4 is 5.73 Å². The maximum Gasteiger partial charge on any atom is 0.416 e. The smallest absolute Gasteiger partial charge is 0.399 e. The van der Waals surface area contributed by atoms with Crippen LogP contribution in [0.5, 0.6) is 0 Å². The van der Waals surface area contributed by atoms with E-state index in [4.69, 9.17) is 5.73 Å². The van der Waals surface area contributed by atoms with Gasteiger partial charge >= 0.3 is 6.18 Å². The van der Waals surface area contributed by atoms with Crippen molar-refractivity contribution in [3.63, 3.8) is 0 Å². The summed E-state index contributed by atoms with van der Waals surface area (Å²) in [5.41, 5.74) is 5.07. The molecule has 1 aliphatic carbocycles. The number of nitrogens with two attached hydrogens (primary N) is 1. The standard InChI is InChI=1S/C15H21F3N2O/c1-20(13-4-2-3-5-14(13)21)9-10-6-7-11(19)8-12(10)15(16,17)18/h6-8,13-14,21H,2-5,9,19H2,1H3. The summed E-state index contributed by atoms with van der Waals surface area (Å²) in [6.07, 6.45) is -1.39. The van der Waals surface area contributed by atoms with E-state index >= 15 is 0 Å². The highest BCUT2D eigenvalue weighted by atomic mass is 19.4. The fraction of sp³-hybridized carbons (Fsp3) is 0.600. The fourth-order valence-electron chi connectivity index (χ4n) is 2.99. The number of hydrogen-bond acceptors (Lipinski definition) is 3. The highest BCUT2D eigenvalue weighted by Crippen LogP contribution is 2.34. The zero-order chi connectivity index (χ0) is 15.6. The zero-order valence-electron chi connectivity index (χ0n) is 12.0. The summed E-state index contributed by atoms with van der Waals surface area (Å²) in [5, 5.41) is 10.0. The van der Waals surface area contributed by atoms with Crippen LogP contribution in [-0.2, 0) is 12.7 Å². The Labute approximate surface area is 122 Å². The number of alkyl halides is 3. The molecule has 2 rings (SSSR count). The third-order valence-electron chi connectivity index (χ3n) is 4.12. The predicted molar refractivity (Wildman–Crippen MR) is 75.6 cm³/mol. The Balaban J connectivity index is 2.19. The van der Waals surface area contributed by atoms with Crippen LogP contribution in [0.4, 0.5) is 18.9 Å². The van der Waals surface area contributed by atoms with Crippen molar-refractivity contribution in [2.75, 3.05) is 12.8 Å². The van der Waals surface area contributed by atoms with Gasteiger partial charge in [-0.3, -0.25) is 4.90 Å². The Kier molecular flexibility index (Phi) is 4.78. The Hall–Kier alpha value is -1.27. The van der Waals surface area contributed by atoms with Gasteiger partial charge in [-0.1, -0.05) is 18.9 Å². The lowest BCUT2D eigenvalue weighted by Gasteiger charge is -2.35. The quantitative estimate of drug-likeness (QED) is 0.844. The van der Waals surface area contributed by atoms with Crippen LogP contribution in [0, 0.1) is 0 Å². The summed E-state index contributed by atoms with van der Waals surface area (Å²) in [5.74, 6) is 0. The molecule has 3 nitrogen and oxygen atoms in total. The minimum absolute atomic E-state index is 0.0858. The molecule has 6 heteroatoms. The summed E-state index contributed by atoms with van der Waals surface area (Å²) in [4.78, 5) is 1.81. The molecule has 118 valence electrons. The number of rotatable bonds is 3. The molecule has 3 N–H and O–H groups in total. The van der Waals surface area contributed by atoms with E-state index in [1.165, 1.54) is 12.1 Å². The van der Waals surface area contributed by atoms with Gasteiger partial charge in [-0.15, -0.1) is 0 Å². The molecule has 0 amide bonds. The molecule has 21 heavy (non-hydrogen) atoms. The average molecular weight is 302 g/mol. The van der Waals surface area contributed by atoms with Crippen LogP contribution in [0.3, 0.4) is 0 Å². The summed E-state index contributed by atoms with van der Waals surface area (Å²) in [6.45, 7) is 0.150. The van der Waals surface area contributed by atoms with Crippen LogP contribution in [0.1, 0.15) is 36.8 Å². The molecule has 2 unspecified atom stereocenters. The van der Waals surface area contributed by atoms with E-state index in [0.717, 1.165) is 25.3 Å². The summed E-state index contributed by atoms with van der Waals surface area (Å²) >= 11 is 0. The molecule has 0 saturated heterocycles. The SMILES string of the molecule is CN(Cc1ccc(N)cc1C(F)(F)F)C1CCCCC1O. The number of benzene rings is 1. The number of likely N-dealkylation sites (N-methyl/N-ethyl adjacent to an activating group) is 1. The highest BCUT2D eigenvalue weighted by molar-refractivity contribution is 5.46. The molecule has 0 spiro atoms. The predicted octanol–water partition coefficient (Wildman–Crippen LogP) is 3.02. The van der Waals surface area contributed by atoms with Gasteiger partial charge in [-0.2, -0.15) is 13.2 Å². The monoisotopic (exact) mass is 302 g/mol. The van der Waals surface area contributed by atoms with Crippen molar-refractivity contribution in [2.45, 2.75) is 50.6 Å². The second kappa shape index (κ2) is 6.23. The Morgan fingerprint density at radius 2 is 1.95 bits per heavy atom. The first-order valence-corrected chi connectivity index (χ1v) is 7.13. The highest BCUT2D eigenvalue weighted by Gasteiger charge is 2.34. The lowest BCUT2D eigenvalue weighted by atomic mass is 9.91. The molecule has 1 saturated carbocycles. The molecule has 1 aliphatic rings. The number of nitrogens with zero attached hydrogens (tertiary/aromatic N) is 1. The topological polar surface area (TPSA) is 49.5 Å². The van der Waals surface area contributed by atoms with Crippen molar-refractivity contribution >= 4 is 5.69 Å². The lowest BCUT2D eigenvalue weighted by Crippen LogP contribution is -2.43. The van der Waals surface area contributed by atoms with E-state index in [9.17, 15) is 18.3 Å². The Morgan fingerprint density at radius 3 is 2.57 bits per heavy atom. The van der Waals surface area contributed by atoms with Crippen molar-refractivity contribution in [2.24, 2.45) is 0 Å². The summed E-state index contributed by atoms with van der Waals surface area (Å²) in [7, 11) is 1.76. The van der Waals surface area contributed by atoms with Crippen molar-refractivity contribution in [3.8, 4) is 0 Å². The molecule has 0 radical (unpaired) electrons. The average Bonchev–Trinajstić information content (AvgIpc) is 2.40. The van der Waals surface area contributed by atoms with E-state index in [1.54, 1.807) is 7.05 Å². The number of aliphatic hydroxyl groups excluding tert-OH is 1. The molecule has 2 atom stereocenters. The molecule has 1 aromatic carbocycles. The maximum absolute atomic E-state index is 13.1. The molecule has 0 aromatic heterocycles. The van der Waals surface area contributed by atoms with E-state index < -0.39 is 17.8 Å². The number of aliphatic hydroxyl groups is 1. The second-order valence-corrected chi connectivity index (χ2v) is 5.75. The first-order valence-electron chi connectivity index (χ1n) is 7.13. The van der Waals surface area contributed by atoms with Crippen molar-refractivity contribution in [3.05, 3.63) is 29.3 Å². The first kappa shape index (κ1) is 16.1. The van der Waals surface area contributed by atoms with Crippen LogP contribution >= 0.6 is 0 Å². The van der Waals surface area contributed by atoms with Gasteiger partial charge < -0.3 is 10.8 Å². The van der Waals surface area contributed by atoms with E-state index in [2.05, 4.69) is 0 Å². The van der Waals surface area contributed by atoms with E-state index in [-0.39, 0.29) is 23.8 Å². The van der Waals surface area contributed by atoms with Crippen molar-refractivity contribution in [1.82, 2.24) is 4.90 Å². The van der Waals surface area contributed by atoms with Gasteiger partial charge in [0.15, 0.2) is 0 Å². The molecule has 0 heterocycles. The van der Waals surface area contributed by atoms with Crippen LogP contribution in [0.25, 0.3) is 0 Å². The van der Waals surface area contributed by atoms with Crippen LogP contribution in [0.2, 0.25) is 0 Å². The van der Waals surface area contributed by atoms with Crippen LogP contribution in [0.15, 0.2) is 18.2 Å². The zero-order valence-corrected chi connectivity index (χ0v) is 12.0. The Morgan fingerprint density at radius 1 is 1.29 bits per heavy atom. The maximum atomic E-state index is 13.1. The summed E-state index contributed by atoms with van der Waals surface area (Å²) < 4.78 is 39.2. The van der Waals surface area contributed by atoms with Gasteiger partial charge in [0.1, 0.15) is 0 Å². The van der Waals surface area contributed by atoms with E-state index in [0.29, 0.717) is 6.42 Å². The van der Waals surface area contributed by atoms with Crippen molar-refractivity contribution < 1.29 is 18.3 Å². The third-order valence-corrected chi connectivity index (χ3v) is 4.12. The number of halogens is 3. The molecular weight excluding hydrogens is 281 g/mol. The second-order valence-electron chi connectivity index (χ2n) is 5.75. The van der Waals surface area contributed by atoms with Gasteiger partial charge in [0.25, 0.3) is 0 Å². The van der Waals surface area contributed by atoms with Gasteiger partial charge in [0.05, 0.1) is 11.7 Å². The number of hydrogen-bond donors (Lipinski definition) is 2. The fourth-order valence-corrected chi connectivity index (χ4v) is 2.99. The van der Waals surface area contributed by atoms with Gasteiger partial charge in [-0.25, -0.2) is 0 Å². The van der Waals surface area contributed by atoms with E-state index in [1.807, 2.05) is 4.90 Å². The molecule has 1 fully saturated rings. The van der Waals surface area contributed by atoms with Gasteiger partial charge in [0, 0.05) is 18.3 Å². The van der Waals surface area contributed by atoms with Crippen LogP contribution in [-0.4, -0.2) is 29.2 Å². The molecular formula is C15H21F3N2O. The first-order chi connectivity index (χ1) is 9.79. The Bertz CT molecular complexity index is 490. The largest absolute Gasteiger partial charge is 0.416 e. The van der Waals surface area contributed by atoms with Crippen molar-refractivity contribution in [1.29, 1.82) is 0 Å². The number of nitrogen functional groups attached to an aromatic ring is 1. The summed E-state index contributed by atoms with van der Waals surface area (Å²) in [6, 6.07) is 3.79. The lowest BCUT2D eigenvalue weighted by molar-refractivity contribution is -0.138. The molecule has 0 bridgehead atoms.